The van der Waals surface area contributed by atoms with E-state index in [9.17, 15) is 9.59 Å². The second-order valence-electron chi connectivity index (χ2n) is 6.83. The minimum atomic E-state index is -0.173. The Bertz CT molecular complexity index is 984. The van der Waals surface area contributed by atoms with Crippen molar-refractivity contribution in [3.63, 3.8) is 0 Å². The lowest BCUT2D eigenvalue weighted by Gasteiger charge is -2.12. The Hall–Kier alpha value is -3.34. The Morgan fingerprint density at radius 3 is 2.46 bits per heavy atom. The van der Waals surface area contributed by atoms with E-state index < -0.39 is 0 Å². The highest BCUT2D eigenvalue weighted by molar-refractivity contribution is 5.98. The number of hydrogen-bond acceptors (Lipinski definition) is 3. The fraction of sp³-hybridized carbons (Fsp3) is 0.217. The average Bonchev–Trinajstić information content (AvgIpc) is 2.72. The van der Waals surface area contributed by atoms with Crippen molar-refractivity contribution in [1.82, 2.24) is 5.32 Å². The lowest BCUT2D eigenvalue weighted by Crippen LogP contribution is -2.32. The van der Waals surface area contributed by atoms with Gasteiger partial charge in [-0.15, -0.1) is 0 Å². The third kappa shape index (κ3) is 5.10. The van der Waals surface area contributed by atoms with Crippen LogP contribution in [0, 0.1) is 0 Å². The molecule has 3 aromatic rings. The summed E-state index contributed by atoms with van der Waals surface area (Å²) in [5.41, 5.74) is 2.01. The Balaban J connectivity index is 1.58. The number of fused-ring (bicyclic) bond motifs is 1. The monoisotopic (exact) mass is 375 g/mol. The molecule has 2 amide bonds. The smallest absolute Gasteiger partial charge is 0.251 e. The van der Waals surface area contributed by atoms with Gasteiger partial charge < -0.3 is 16.0 Å². The van der Waals surface area contributed by atoms with Crippen LogP contribution in [0.15, 0.2) is 66.7 Å². The highest BCUT2D eigenvalue weighted by atomic mass is 16.2. The molecule has 0 bridgehead atoms. The number of carbonyl (C=O) groups excluding carboxylic acids is 2. The van der Waals surface area contributed by atoms with Gasteiger partial charge in [0.2, 0.25) is 5.91 Å². The van der Waals surface area contributed by atoms with Crippen LogP contribution < -0.4 is 16.0 Å². The van der Waals surface area contributed by atoms with Gasteiger partial charge in [-0.2, -0.15) is 0 Å². The van der Waals surface area contributed by atoms with Gasteiger partial charge in [0.15, 0.2) is 0 Å². The van der Waals surface area contributed by atoms with Gasteiger partial charge in [0.1, 0.15) is 0 Å². The van der Waals surface area contributed by atoms with Crippen LogP contribution >= 0.6 is 0 Å². The third-order valence-corrected chi connectivity index (χ3v) is 4.60. The number of carbonyl (C=O) groups is 2. The molecule has 0 fully saturated rings. The van der Waals surface area contributed by atoms with Gasteiger partial charge in [0, 0.05) is 23.0 Å². The van der Waals surface area contributed by atoms with Crippen molar-refractivity contribution < 1.29 is 9.59 Å². The number of nitrogens with one attached hydrogen (secondary N) is 3. The first kappa shape index (κ1) is 19.4. The fourth-order valence-corrected chi connectivity index (χ4v) is 2.83. The predicted octanol–water partition coefficient (Wildman–Crippen LogP) is 4.42. The molecule has 1 unspecified atom stereocenters. The second-order valence-corrected chi connectivity index (χ2v) is 6.83. The molecule has 0 saturated carbocycles. The first-order valence-electron chi connectivity index (χ1n) is 9.48. The van der Waals surface area contributed by atoms with Crippen LogP contribution in [0.1, 0.15) is 30.6 Å². The summed E-state index contributed by atoms with van der Waals surface area (Å²) in [4.78, 5) is 24.5. The number of anilines is 2. The molecular weight excluding hydrogens is 350 g/mol. The zero-order valence-corrected chi connectivity index (χ0v) is 16.2. The highest BCUT2D eigenvalue weighted by Crippen LogP contribution is 2.18. The lowest BCUT2D eigenvalue weighted by molar-refractivity contribution is -0.114. The van der Waals surface area contributed by atoms with Crippen LogP contribution in [-0.4, -0.2) is 24.4 Å². The van der Waals surface area contributed by atoms with E-state index in [1.165, 1.54) is 0 Å². The molecule has 0 aliphatic rings. The SMILES string of the molecule is CCC(C)NC(=O)c1cccc(NC(=O)CNc2ccc3ccccc3c2)c1. The summed E-state index contributed by atoms with van der Waals surface area (Å²) in [5, 5.41) is 11.2. The van der Waals surface area contributed by atoms with E-state index in [1.54, 1.807) is 24.3 Å². The molecule has 5 heteroatoms. The molecule has 3 aromatic carbocycles. The van der Waals surface area contributed by atoms with Crippen LogP contribution in [0.5, 0.6) is 0 Å². The molecule has 0 saturated heterocycles. The van der Waals surface area contributed by atoms with Crippen LogP contribution in [0.2, 0.25) is 0 Å². The summed E-state index contributed by atoms with van der Waals surface area (Å²) in [6, 6.07) is 21.1. The fourth-order valence-electron chi connectivity index (χ4n) is 2.83. The third-order valence-electron chi connectivity index (χ3n) is 4.60. The first-order valence-corrected chi connectivity index (χ1v) is 9.48. The predicted molar refractivity (Wildman–Crippen MR) is 115 cm³/mol. The maximum atomic E-state index is 12.3. The average molecular weight is 375 g/mol. The molecule has 0 aromatic heterocycles. The van der Waals surface area contributed by atoms with E-state index >= 15 is 0 Å². The van der Waals surface area contributed by atoms with E-state index in [4.69, 9.17) is 0 Å². The molecule has 28 heavy (non-hydrogen) atoms. The highest BCUT2D eigenvalue weighted by Gasteiger charge is 2.10. The Kier molecular flexibility index (Phi) is 6.27. The largest absolute Gasteiger partial charge is 0.376 e. The minimum Gasteiger partial charge on any atom is -0.376 e. The van der Waals surface area contributed by atoms with E-state index in [0.29, 0.717) is 11.3 Å². The molecule has 144 valence electrons. The van der Waals surface area contributed by atoms with Crippen molar-refractivity contribution in [2.24, 2.45) is 0 Å². The van der Waals surface area contributed by atoms with Gasteiger partial charge in [0.05, 0.1) is 6.54 Å². The molecule has 0 heterocycles. The molecule has 3 N–H and O–H groups in total. The Labute approximate surface area is 165 Å². The van der Waals surface area contributed by atoms with E-state index in [-0.39, 0.29) is 24.4 Å². The van der Waals surface area contributed by atoms with Crippen molar-refractivity contribution in [3.8, 4) is 0 Å². The van der Waals surface area contributed by atoms with Gasteiger partial charge in [-0.3, -0.25) is 9.59 Å². The molecule has 0 aliphatic heterocycles. The van der Waals surface area contributed by atoms with Crippen molar-refractivity contribution in [2.45, 2.75) is 26.3 Å². The standard InChI is InChI=1S/C23H25N3O2/c1-3-16(2)25-23(28)19-9-6-10-21(14-19)26-22(27)15-24-20-12-11-17-7-4-5-8-18(17)13-20/h4-14,16,24H,3,15H2,1-2H3,(H,25,28)(H,26,27). The maximum Gasteiger partial charge on any atom is 0.251 e. The van der Waals surface area contributed by atoms with Crippen molar-refractivity contribution in [2.75, 3.05) is 17.2 Å². The van der Waals surface area contributed by atoms with Crippen LogP contribution in [0.25, 0.3) is 10.8 Å². The number of rotatable bonds is 7. The Morgan fingerprint density at radius 2 is 1.68 bits per heavy atom. The Morgan fingerprint density at radius 1 is 0.893 bits per heavy atom. The second kappa shape index (κ2) is 9.04. The molecule has 0 aliphatic carbocycles. The molecule has 0 radical (unpaired) electrons. The van der Waals surface area contributed by atoms with Crippen molar-refractivity contribution in [1.29, 1.82) is 0 Å². The number of amides is 2. The zero-order valence-electron chi connectivity index (χ0n) is 16.2. The maximum absolute atomic E-state index is 12.3. The summed E-state index contributed by atoms with van der Waals surface area (Å²) in [7, 11) is 0. The lowest BCUT2D eigenvalue weighted by atomic mass is 10.1. The van der Waals surface area contributed by atoms with E-state index in [2.05, 4.69) is 22.0 Å². The summed E-state index contributed by atoms with van der Waals surface area (Å²) in [6.45, 7) is 4.12. The molecular formula is C23H25N3O2. The summed E-state index contributed by atoms with van der Waals surface area (Å²) in [5.74, 6) is -0.313. The molecule has 3 rings (SSSR count). The van der Waals surface area contributed by atoms with Gasteiger partial charge in [0.25, 0.3) is 5.91 Å². The summed E-state index contributed by atoms with van der Waals surface area (Å²) >= 11 is 0. The molecule has 5 nitrogen and oxygen atoms in total. The van der Waals surface area contributed by atoms with Crippen molar-refractivity contribution in [3.05, 3.63) is 72.3 Å². The van der Waals surface area contributed by atoms with Crippen molar-refractivity contribution >= 4 is 34.0 Å². The minimum absolute atomic E-state index is 0.108. The zero-order chi connectivity index (χ0) is 19.9. The van der Waals surface area contributed by atoms with E-state index in [0.717, 1.165) is 22.9 Å². The number of hydrogen-bond donors (Lipinski definition) is 3. The van der Waals surface area contributed by atoms with Crippen LogP contribution in [-0.2, 0) is 4.79 Å². The van der Waals surface area contributed by atoms with Gasteiger partial charge >= 0.3 is 0 Å². The summed E-state index contributed by atoms with van der Waals surface area (Å²) < 4.78 is 0. The normalized spacial score (nSPS) is 11.6. The quantitative estimate of drug-likeness (QED) is 0.572. The summed E-state index contributed by atoms with van der Waals surface area (Å²) in [6.07, 6.45) is 0.864. The molecule has 1 atom stereocenters. The van der Waals surface area contributed by atoms with Gasteiger partial charge in [-0.1, -0.05) is 43.3 Å². The van der Waals surface area contributed by atoms with Gasteiger partial charge in [-0.05, 0) is 54.4 Å². The number of benzene rings is 3. The van der Waals surface area contributed by atoms with Crippen LogP contribution in [0.4, 0.5) is 11.4 Å². The first-order chi connectivity index (χ1) is 13.5. The topological polar surface area (TPSA) is 70.2 Å². The van der Waals surface area contributed by atoms with E-state index in [1.807, 2.05) is 50.2 Å². The molecule has 0 spiro atoms. The van der Waals surface area contributed by atoms with Crippen LogP contribution in [0.3, 0.4) is 0 Å². The van der Waals surface area contributed by atoms with Gasteiger partial charge in [-0.25, -0.2) is 0 Å².